The number of ether oxygens (including phenoxy) is 3. The van der Waals surface area contributed by atoms with Gasteiger partial charge in [0, 0.05) is 19.3 Å². The molecule has 0 N–H and O–H groups in total. The maximum atomic E-state index is 5.26. The van der Waals surface area contributed by atoms with Crippen LogP contribution < -0.4 is 4.74 Å². The van der Waals surface area contributed by atoms with E-state index in [1.165, 1.54) is 0 Å². The van der Waals surface area contributed by atoms with Crippen molar-refractivity contribution in [2.45, 2.75) is 20.8 Å². The third-order valence-electron chi connectivity index (χ3n) is 2.02. The van der Waals surface area contributed by atoms with Crippen LogP contribution in [0.5, 0.6) is 5.75 Å². The van der Waals surface area contributed by atoms with Crippen molar-refractivity contribution in [3.8, 4) is 5.75 Å². The van der Waals surface area contributed by atoms with Gasteiger partial charge in [0.05, 0.1) is 6.61 Å². The van der Waals surface area contributed by atoms with E-state index in [1.807, 2.05) is 39.0 Å². The minimum absolute atomic E-state index is 0.438. The highest BCUT2D eigenvalue weighted by Gasteiger charge is 2.05. The van der Waals surface area contributed by atoms with Gasteiger partial charge in [0.25, 0.3) is 0 Å². The van der Waals surface area contributed by atoms with Crippen LogP contribution in [0.2, 0.25) is 0 Å². The first-order chi connectivity index (χ1) is 8.31. The van der Waals surface area contributed by atoms with Gasteiger partial charge in [0.1, 0.15) is 12.4 Å². The van der Waals surface area contributed by atoms with Crippen molar-refractivity contribution in [2.75, 3.05) is 26.6 Å². The fraction of sp³-hybridized carbons (Fsp3) is 0.538. The summed E-state index contributed by atoms with van der Waals surface area (Å²) in [4.78, 5) is 0. The van der Waals surface area contributed by atoms with Gasteiger partial charge in [0.15, 0.2) is 11.3 Å². The Morgan fingerprint density at radius 1 is 1.00 bits per heavy atom. The first kappa shape index (κ1) is 13.8. The van der Waals surface area contributed by atoms with Crippen LogP contribution in [0.3, 0.4) is 0 Å². The monoisotopic (exact) mass is 240 g/mol. The van der Waals surface area contributed by atoms with E-state index in [0.717, 1.165) is 30.1 Å². The molecule has 2 bridgehead atoms. The van der Waals surface area contributed by atoms with Gasteiger partial charge >= 0.3 is 0 Å². The van der Waals surface area contributed by atoms with Gasteiger partial charge in [-0.25, -0.2) is 0 Å². The van der Waals surface area contributed by atoms with Crippen molar-refractivity contribution >= 4 is 11.2 Å². The summed E-state index contributed by atoms with van der Waals surface area (Å²) < 4.78 is 20.2. The summed E-state index contributed by atoms with van der Waals surface area (Å²) in [5, 5.41) is 0. The molecule has 0 spiro atoms. The summed E-state index contributed by atoms with van der Waals surface area (Å²) in [6, 6.07) is 5.75. The maximum absolute atomic E-state index is 5.26. The molecule has 4 nitrogen and oxygen atoms in total. The van der Waals surface area contributed by atoms with E-state index in [2.05, 4.69) is 0 Å². The highest BCUT2D eigenvalue weighted by molar-refractivity contribution is 5.69. The normalized spacial score (nSPS) is 10.3. The Bertz CT molecular complexity index is 378. The van der Waals surface area contributed by atoms with E-state index >= 15 is 0 Å². The predicted molar refractivity (Wildman–Crippen MR) is 66.7 cm³/mol. The molecule has 0 amide bonds. The molecule has 0 aromatic carbocycles. The Kier molecular flexibility index (Phi) is 6.43. The lowest BCUT2D eigenvalue weighted by Gasteiger charge is -1.97. The molecular weight excluding hydrogens is 220 g/mol. The van der Waals surface area contributed by atoms with E-state index in [1.54, 1.807) is 0 Å². The summed E-state index contributed by atoms with van der Waals surface area (Å²) in [5.74, 6) is 0.861. The Morgan fingerprint density at radius 3 is 2.12 bits per heavy atom. The average molecular weight is 240 g/mol. The molecule has 0 aliphatic carbocycles. The summed E-state index contributed by atoms with van der Waals surface area (Å²) in [5.41, 5.74) is 1.73. The number of hydrogen-bond acceptors (Lipinski definition) is 4. The number of fused-ring (bicyclic) bond motifs is 2. The van der Waals surface area contributed by atoms with Gasteiger partial charge in [-0.1, -0.05) is 0 Å². The minimum atomic E-state index is 0.438. The molecule has 2 heterocycles. The highest BCUT2D eigenvalue weighted by Crippen LogP contribution is 2.28. The van der Waals surface area contributed by atoms with Crippen LogP contribution in [0.25, 0.3) is 11.2 Å². The zero-order chi connectivity index (χ0) is 12.5. The van der Waals surface area contributed by atoms with Crippen LogP contribution in [0, 0.1) is 0 Å². The van der Waals surface area contributed by atoms with E-state index in [0.29, 0.717) is 13.4 Å². The average Bonchev–Trinajstić information content (AvgIpc) is 2.93. The van der Waals surface area contributed by atoms with Crippen molar-refractivity contribution in [3.05, 3.63) is 18.2 Å². The molecule has 0 fully saturated rings. The van der Waals surface area contributed by atoms with E-state index in [-0.39, 0.29) is 0 Å². The Morgan fingerprint density at radius 2 is 1.71 bits per heavy atom. The van der Waals surface area contributed by atoms with Crippen LogP contribution in [0.15, 0.2) is 22.6 Å². The third-order valence-corrected chi connectivity index (χ3v) is 2.02. The molecule has 0 saturated heterocycles. The molecule has 2 aromatic heterocycles. The Labute approximate surface area is 102 Å². The van der Waals surface area contributed by atoms with Crippen molar-refractivity contribution in [1.82, 2.24) is 0 Å². The molecule has 0 radical (unpaired) electrons. The largest absolute Gasteiger partial charge is 0.490 e. The fourth-order valence-corrected chi connectivity index (χ4v) is 1.26. The van der Waals surface area contributed by atoms with Crippen LogP contribution in [-0.4, -0.2) is 26.6 Å². The van der Waals surface area contributed by atoms with Gasteiger partial charge < -0.3 is 18.6 Å². The van der Waals surface area contributed by atoms with Gasteiger partial charge in [0.2, 0.25) is 0 Å². The topological polar surface area (TPSA) is 40.8 Å². The second-order valence-corrected chi connectivity index (χ2v) is 3.25. The number of benzene rings is 1. The first-order valence-electron chi connectivity index (χ1n) is 5.92. The van der Waals surface area contributed by atoms with Crippen molar-refractivity contribution < 1.29 is 18.6 Å². The summed E-state index contributed by atoms with van der Waals surface area (Å²) in [6.07, 6.45) is 0. The summed E-state index contributed by atoms with van der Waals surface area (Å²) in [6.45, 7) is 8.45. The zero-order valence-corrected chi connectivity index (χ0v) is 10.7. The number of rotatable bonds is 6. The first-order valence-corrected chi connectivity index (χ1v) is 5.92. The smallest absolute Gasteiger partial charge is 0.169 e. The molecule has 96 valence electrons. The summed E-state index contributed by atoms with van der Waals surface area (Å²) >= 11 is 0. The molecule has 4 heteroatoms. The fourth-order valence-electron chi connectivity index (χ4n) is 1.26. The lowest BCUT2D eigenvalue weighted by atomic mass is 10.3. The Balaban J connectivity index is 0.000000185. The number of hydrogen-bond donors (Lipinski definition) is 0. The van der Waals surface area contributed by atoms with Crippen LogP contribution in [-0.2, 0) is 9.47 Å². The van der Waals surface area contributed by atoms with Crippen LogP contribution >= 0.6 is 0 Å². The molecule has 0 unspecified atom stereocenters. The predicted octanol–water partition coefficient (Wildman–Crippen LogP) is 3.29. The van der Waals surface area contributed by atoms with E-state index in [4.69, 9.17) is 18.6 Å². The standard InChI is InChI=1S/C8H8O2.C5H12O2/c1-2-9-8-5-6-3-4-7(8)10-6;1-3-6-5-7-4-2/h3-5H,2H2,1H3;3-5H2,1-2H3. The summed E-state index contributed by atoms with van der Waals surface area (Å²) in [7, 11) is 0. The van der Waals surface area contributed by atoms with Crippen LogP contribution in [0.1, 0.15) is 20.8 Å². The van der Waals surface area contributed by atoms with E-state index < -0.39 is 0 Å². The Hall–Kier alpha value is -1.26. The molecular formula is C13H20O4. The SMILES string of the molecule is CCOCOCC.CCOc1cc2ccc1o2. The minimum Gasteiger partial charge on any atom is -0.490 e. The van der Waals surface area contributed by atoms with Crippen LogP contribution in [0.4, 0.5) is 0 Å². The molecule has 17 heavy (non-hydrogen) atoms. The molecule has 2 rings (SSSR count). The van der Waals surface area contributed by atoms with Gasteiger partial charge in [-0.15, -0.1) is 0 Å². The molecule has 0 atom stereocenters. The second kappa shape index (κ2) is 7.92. The molecule has 0 aliphatic rings. The molecule has 2 aromatic rings. The number of furan rings is 2. The lowest BCUT2D eigenvalue weighted by Crippen LogP contribution is -1.97. The van der Waals surface area contributed by atoms with Gasteiger partial charge in [-0.3, -0.25) is 0 Å². The van der Waals surface area contributed by atoms with Gasteiger partial charge in [-0.05, 0) is 32.9 Å². The van der Waals surface area contributed by atoms with Crippen molar-refractivity contribution in [3.63, 3.8) is 0 Å². The maximum Gasteiger partial charge on any atom is 0.169 e. The second-order valence-electron chi connectivity index (χ2n) is 3.25. The van der Waals surface area contributed by atoms with Crippen molar-refractivity contribution in [1.29, 1.82) is 0 Å². The lowest BCUT2D eigenvalue weighted by molar-refractivity contribution is -0.0445. The van der Waals surface area contributed by atoms with E-state index in [9.17, 15) is 0 Å². The zero-order valence-electron chi connectivity index (χ0n) is 10.7. The quantitative estimate of drug-likeness (QED) is 0.574. The molecule has 0 aliphatic heterocycles. The highest BCUT2D eigenvalue weighted by atomic mass is 16.7. The molecule has 0 saturated carbocycles. The van der Waals surface area contributed by atoms with Crippen molar-refractivity contribution in [2.24, 2.45) is 0 Å². The third kappa shape index (κ3) is 4.63. The van der Waals surface area contributed by atoms with Gasteiger partial charge in [-0.2, -0.15) is 0 Å².